The third kappa shape index (κ3) is 1.16. The van der Waals surface area contributed by atoms with Crippen molar-refractivity contribution in [3.8, 4) is 0 Å². The Morgan fingerprint density at radius 1 is 0.833 bits per heavy atom. The minimum atomic E-state index is -1.62. The van der Waals surface area contributed by atoms with Crippen molar-refractivity contribution in [1.82, 2.24) is 0 Å². The molecule has 0 aliphatic carbocycles. The lowest BCUT2D eigenvalue weighted by atomic mass is 10.2. The van der Waals surface area contributed by atoms with Crippen molar-refractivity contribution in [1.29, 1.82) is 0 Å². The van der Waals surface area contributed by atoms with Crippen LogP contribution in [0, 0.1) is 30.2 Å². The van der Waals surface area contributed by atoms with Crippen LogP contribution in [0.3, 0.4) is 0 Å². The first-order valence-electron chi connectivity index (χ1n) is 2.80. The Balaban J connectivity index is 3.60. The van der Waals surface area contributed by atoms with Gasteiger partial charge < -0.3 is 0 Å². The molecule has 0 saturated heterocycles. The smallest absolute Gasteiger partial charge is 0.180 e. The monoisotopic (exact) mass is 197 g/mol. The quantitative estimate of drug-likeness (QED) is 0.341. The summed E-state index contributed by atoms with van der Waals surface area (Å²) in [6.07, 6.45) is 0. The van der Waals surface area contributed by atoms with Crippen LogP contribution >= 0.6 is 11.6 Å². The van der Waals surface area contributed by atoms with Crippen molar-refractivity contribution in [2.75, 3.05) is 0 Å². The Morgan fingerprint density at radius 2 is 1.17 bits per heavy atom. The molecule has 1 aromatic carbocycles. The van der Waals surface area contributed by atoms with Gasteiger partial charge in [-0.15, -0.1) is 0 Å². The number of hydrogen-bond donors (Lipinski definition) is 0. The molecule has 1 aromatic rings. The minimum absolute atomic E-state index is 0.964. The van der Waals surface area contributed by atoms with Gasteiger partial charge in [0, 0.05) is 5.56 Å². The summed E-state index contributed by atoms with van der Waals surface area (Å²) in [6, 6.07) is 0. The Kier molecular flexibility index (Phi) is 2.28. The highest BCUT2D eigenvalue weighted by Gasteiger charge is 2.21. The lowest BCUT2D eigenvalue weighted by Gasteiger charge is -2.03. The third-order valence-electron chi connectivity index (χ3n) is 1.30. The summed E-state index contributed by atoms with van der Waals surface area (Å²) in [5, 5.41) is -1.20. The molecular weight excluding hydrogens is 196 g/mol. The largest absolute Gasteiger partial charge is 0.203 e. The standard InChI is InChI=1S/C7H2ClF4/c1-2-4(9)6(11)3(8)7(12)5(2)10/h1H2. The van der Waals surface area contributed by atoms with Gasteiger partial charge in [0.15, 0.2) is 23.3 Å². The number of hydrogen-bond acceptors (Lipinski definition) is 0. The second kappa shape index (κ2) is 2.94. The van der Waals surface area contributed by atoms with Gasteiger partial charge in [-0.25, -0.2) is 17.6 Å². The summed E-state index contributed by atoms with van der Waals surface area (Å²) in [5.74, 6) is -6.39. The first-order valence-corrected chi connectivity index (χ1v) is 3.18. The fourth-order valence-electron chi connectivity index (χ4n) is 0.650. The highest BCUT2D eigenvalue weighted by molar-refractivity contribution is 6.30. The first-order chi connectivity index (χ1) is 5.46. The molecule has 1 radical (unpaired) electrons. The molecule has 0 fully saturated rings. The van der Waals surface area contributed by atoms with Gasteiger partial charge in [-0.1, -0.05) is 11.6 Å². The van der Waals surface area contributed by atoms with Crippen LogP contribution in [0.4, 0.5) is 17.6 Å². The van der Waals surface area contributed by atoms with Crippen molar-refractivity contribution < 1.29 is 17.6 Å². The van der Waals surface area contributed by atoms with Gasteiger partial charge in [0.1, 0.15) is 5.02 Å². The normalized spacial score (nSPS) is 10.5. The Bertz CT molecular complexity index is 230. The van der Waals surface area contributed by atoms with Crippen LogP contribution in [0.15, 0.2) is 0 Å². The Labute approximate surface area is 70.8 Å². The van der Waals surface area contributed by atoms with Crippen LogP contribution in [0.5, 0.6) is 0 Å². The van der Waals surface area contributed by atoms with E-state index in [4.69, 9.17) is 11.6 Å². The van der Waals surface area contributed by atoms with Crippen molar-refractivity contribution in [3.63, 3.8) is 0 Å². The highest BCUT2D eigenvalue weighted by Crippen LogP contribution is 2.26. The van der Waals surface area contributed by atoms with Gasteiger partial charge in [-0.2, -0.15) is 0 Å². The fraction of sp³-hybridized carbons (Fsp3) is 0. The molecule has 0 aliphatic rings. The maximum Gasteiger partial charge on any atom is 0.180 e. The predicted octanol–water partition coefficient (Wildman–Crippen LogP) is 3.08. The van der Waals surface area contributed by atoms with E-state index < -0.39 is 33.9 Å². The molecule has 12 heavy (non-hydrogen) atoms. The molecule has 0 unspecified atom stereocenters. The second-order valence-electron chi connectivity index (χ2n) is 2.05. The van der Waals surface area contributed by atoms with Crippen LogP contribution in [-0.4, -0.2) is 0 Å². The molecule has 0 aromatic heterocycles. The minimum Gasteiger partial charge on any atom is -0.203 e. The van der Waals surface area contributed by atoms with E-state index >= 15 is 0 Å². The SMILES string of the molecule is [CH2]c1c(F)c(F)c(Cl)c(F)c1F. The highest BCUT2D eigenvalue weighted by atomic mass is 35.5. The van der Waals surface area contributed by atoms with Crippen molar-refractivity contribution in [2.24, 2.45) is 0 Å². The summed E-state index contributed by atoms with van der Waals surface area (Å²) in [5.41, 5.74) is -0.964. The molecule has 0 aliphatic heterocycles. The zero-order chi connectivity index (χ0) is 9.46. The Morgan fingerprint density at radius 3 is 1.50 bits per heavy atom. The van der Waals surface area contributed by atoms with E-state index in [9.17, 15) is 17.6 Å². The molecule has 0 spiro atoms. The van der Waals surface area contributed by atoms with Crippen molar-refractivity contribution in [2.45, 2.75) is 0 Å². The summed E-state index contributed by atoms with van der Waals surface area (Å²) in [4.78, 5) is 0. The topological polar surface area (TPSA) is 0 Å². The lowest BCUT2D eigenvalue weighted by Crippen LogP contribution is -1.99. The van der Waals surface area contributed by atoms with Gasteiger partial charge in [-0.05, 0) is 6.92 Å². The van der Waals surface area contributed by atoms with Crippen LogP contribution in [0.1, 0.15) is 5.56 Å². The molecule has 1 rings (SSSR count). The van der Waals surface area contributed by atoms with Gasteiger partial charge in [0.05, 0.1) is 0 Å². The van der Waals surface area contributed by atoms with E-state index in [1.165, 1.54) is 0 Å². The Hall–Kier alpha value is -0.770. The molecule has 0 bridgehead atoms. The molecule has 0 saturated carbocycles. The average molecular weight is 198 g/mol. The van der Waals surface area contributed by atoms with Crippen LogP contribution in [-0.2, 0) is 0 Å². The van der Waals surface area contributed by atoms with Crippen LogP contribution in [0.25, 0.3) is 0 Å². The first kappa shape index (κ1) is 9.32. The molecule has 0 N–H and O–H groups in total. The molecule has 65 valence electrons. The van der Waals surface area contributed by atoms with Crippen LogP contribution < -0.4 is 0 Å². The maximum atomic E-state index is 12.5. The zero-order valence-electron chi connectivity index (χ0n) is 5.60. The van der Waals surface area contributed by atoms with E-state index in [1.54, 1.807) is 0 Å². The molecular formula is C7H2ClF4. The van der Waals surface area contributed by atoms with Gasteiger partial charge in [-0.3, -0.25) is 0 Å². The van der Waals surface area contributed by atoms with Crippen LogP contribution in [0.2, 0.25) is 5.02 Å². The summed E-state index contributed by atoms with van der Waals surface area (Å²) < 4.78 is 50.0. The molecule has 0 amide bonds. The summed E-state index contributed by atoms with van der Waals surface area (Å²) >= 11 is 4.90. The van der Waals surface area contributed by atoms with Gasteiger partial charge in [0.2, 0.25) is 0 Å². The number of rotatable bonds is 0. The zero-order valence-corrected chi connectivity index (χ0v) is 6.35. The van der Waals surface area contributed by atoms with Crippen molar-refractivity contribution >= 4 is 11.6 Å². The molecule has 0 nitrogen and oxygen atoms in total. The third-order valence-corrected chi connectivity index (χ3v) is 1.63. The van der Waals surface area contributed by atoms with Crippen molar-refractivity contribution in [3.05, 3.63) is 40.8 Å². The summed E-state index contributed by atoms with van der Waals surface area (Å²) in [6.45, 7) is 2.79. The van der Waals surface area contributed by atoms with Gasteiger partial charge in [0.25, 0.3) is 0 Å². The molecule has 0 atom stereocenters. The molecule has 5 heteroatoms. The van der Waals surface area contributed by atoms with E-state index in [1.807, 2.05) is 0 Å². The van der Waals surface area contributed by atoms with E-state index in [0.29, 0.717) is 0 Å². The second-order valence-corrected chi connectivity index (χ2v) is 2.43. The average Bonchev–Trinajstić information content (AvgIpc) is 2.08. The lowest BCUT2D eigenvalue weighted by molar-refractivity contribution is 0.449. The predicted molar refractivity (Wildman–Crippen MR) is 35.7 cm³/mol. The van der Waals surface area contributed by atoms with E-state index in [-0.39, 0.29) is 0 Å². The van der Waals surface area contributed by atoms with E-state index in [2.05, 4.69) is 6.92 Å². The number of halogens is 5. The fourth-order valence-corrected chi connectivity index (χ4v) is 0.816. The summed E-state index contributed by atoms with van der Waals surface area (Å²) in [7, 11) is 0. The number of benzene rings is 1. The molecule has 0 heterocycles. The van der Waals surface area contributed by atoms with Gasteiger partial charge >= 0.3 is 0 Å². The maximum absolute atomic E-state index is 12.5. The van der Waals surface area contributed by atoms with E-state index in [0.717, 1.165) is 0 Å².